The minimum atomic E-state index is -3.87. The van der Waals surface area contributed by atoms with Crippen molar-refractivity contribution in [3.8, 4) is 0 Å². The zero-order valence-corrected chi connectivity index (χ0v) is 7.69. The van der Waals surface area contributed by atoms with E-state index in [1.54, 1.807) is 13.8 Å². The molecule has 0 fully saturated rings. The van der Waals surface area contributed by atoms with Crippen LogP contribution in [-0.4, -0.2) is 18.2 Å². The number of hydrogen-bond acceptors (Lipinski definition) is 2. The summed E-state index contributed by atoms with van der Waals surface area (Å²) in [6.45, 7) is 7.05. The van der Waals surface area contributed by atoms with Crippen LogP contribution in [0.2, 0.25) is 0 Å². The van der Waals surface area contributed by atoms with Gasteiger partial charge in [-0.2, -0.15) is 8.42 Å². The molecule has 0 aromatic heterocycles. The van der Waals surface area contributed by atoms with E-state index in [9.17, 15) is 8.42 Å². The van der Waals surface area contributed by atoms with Crippen LogP contribution in [0.4, 0.5) is 0 Å². The Morgan fingerprint density at radius 3 is 2.18 bits per heavy atom. The van der Waals surface area contributed by atoms with Gasteiger partial charge in [0.25, 0.3) is 10.1 Å². The third-order valence-electron chi connectivity index (χ3n) is 1.45. The number of hydrogen-bond donors (Lipinski definition) is 1. The molecule has 4 heteroatoms. The molecule has 0 aliphatic rings. The second-order valence-corrected chi connectivity index (χ2v) is 4.40. The van der Waals surface area contributed by atoms with E-state index >= 15 is 0 Å². The Morgan fingerprint density at radius 1 is 1.64 bits per heavy atom. The Balaban J connectivity index is 4.31. The summed E-state index contributed by atoms with van der Waals surface area (Å²) < 4.78 is 29.9. The van der Waals surface area contributed by atoms with E-state index in [1.807, 2.05) is 0 Å². The fourth-order valence-corrected chi connectivity index (χ4v) is 1.77. The molecule has 1 atom stereocenters. The highest BCUT2D eigenvalue weighted by Crippen LogP contribution is 2.12. The maximum atomic E-state index is 10.6. The molecule has 0 rings (SSSR count). The summed E-state index contributed by atoms with van der Waals surface area (Å²) in [4.78, 5) is 0. The van der Waals surface area contributed by atoms with Crippen molar-refractivity contribution >= 4 is 10.1 Å². The number of allylic oxidation sites excluding steroid dienone is 1. The summed E-state index contributed by atoms with van der Waals surface area (Å²) in [5, 5.41) is -0.681. The lowest BCUT2D eigenvalue weighted by Gasteiger charge is -2.09. The van der Waals surface area contributed by atoms with Gasteiger partial charge in [0.15, 0.2) is 0 Å². The smallest absolute Gasteiger partial charge is 0.268 e. The van der Waals surface area contributed by atoms with Crippen LogP contribution in [0, 0.1) is 0 Å². The summed E-state index contributed by atoms with van der Waals surface area (Å²) >= 11 is 0. The van der Waals surface area contributed by atoms with Gasteiger partial charge in [-0.05, 0) is 19.8 Å². The minimum Gasteiger partial charge on any atom is -0.285 e. The maximum absolute atomic E-state index is 10.6. The molecule has 0 heterocycles. The molecule has 0 spiro atoms. The van der Waals surface area contributed by atoms with Crippen LogP contribution >= 0.6 is 0 Å². The summed E-state index contributed by atoms with van der Waals surface area (Å²) in [6.07, 6.45) is 0.765. The zero-order valence-electron chi connectivity index (χ0n) is 6.87. The summed E-state index contributed by atoms with van der Waals surface area (Å²) in [5.41, 5.74) is 0.773. The van der Waals surface area contributed by atoms with Gasteiger partial charge in [0.05, 0.1) is 5.25 Å². The predicted octanol–water partition coefficient (Wildman–Crippen LogP) is 1.62. The number of rotatable bonds is 4. The largest absolute Gasteiger partial charge is 0.285 e. The lowest BCUT2D eigenvalue weighted by Crippen LogP contribution is -2.19. The Bertz CT molecular complexity index is 228. The van der Waals surface area contributed by atoms with Gasteiger partial charge in [-0.15, -0.1) is 6.58 Å². The highest BCUT2D eigenvalue weighted by Gasteiger charge is 2.20. The Morgan fingerprint density at radius 2 is 2.09 bits per heavy atom. The molecule has 1 unspecified atom stereocenters. The van der Waals surface area contributed by atoms with E-state index in [2.05, 4.69) is 6.58 Å². The average Bonchev–Trinajstić information content (AvgIpc) is 1.79. The summed E-state index contributed by atoms with van der Waals surface area (Å²) in [7, 11) is -3.87. The van der Waals surface area contributed by atoms with Crippen LogP contribution in [0.1, 0.15) is 26.7 Å². The van der Waals surface area contributed by atoms with Gasteiger partial charge in [0, 0.05) is 0 Å². The fraction of sp³-hybridized carbons (Fsp3) is 0.714. The normalized spacial score (nSPS) is 14.5. The molecule has 0 saturated heterocycles. The molecular weight excluding hydrogens is 164 g/mol. The van der Waals surface area contributed by atoms with Crippen molar-refractivity contribution in [3.63, 3.8) is 0 Å². The molecule has 0 radical (unpaired) electrons. The molecule has 0 aromatic carbocycles. The summed E-state index contributed by atoms with van der Waals surface area (Å²) in [5.74, 6) is 0. The van der Waals surface area contributed by atoms with Crippen molar-refractivity contribution < 1.29 is 13.0 Å². The first-order chi connectivity index (χ1) is 4.88. The molecule has 11 heavy (non-hydrogen) atoms. The lowest BCUT2D eigenvalue weighted by molar-refractivity contribution is 0.463. The van der Waals surface area contributed by atoms with Gasteiger partial charge in [0.2, 0.25) is 0 Å². The van der Waals surface area contributed by atoms with Gasteiger partial charge in [-0.25, -0.2) is 0 Å². The molecule has 0 bridgehead atoms. The standard InChI is InChI=1S/C7H14O3S/c1-4-7(5-6(2)3)11(8,9)10/h7H,2,4-5H2,1,3H3,(H,8,9,10). The van der Waals surface area contributed by atoms with Crippen LogP contribution in [-0.2, 0) is 10.1 Å². The van der Waals surface area contributed by atoms with E-state index in [-0.39, 0.29) is 0 Å². The van der Waals surface area contributed by atoms with Gasteiger partial charge < -0.3 is 0 Å². The van der Waals surface area contributed by atoms with Gasteiger partial charge in [-0.3, -0.25) is 4.55 Å². The van der Waals surface area contributed by atoms with Crippen LogP contribution in [0.5, 0.6) is 0 Å². The molecule has 1 N–H and O–H groups in total. The Hall–Kier alpha value is -0.350. The second-order valence-electron chi connectivity index (χ2n) is 2.71. The van der Waals surface area contributed by atoms with E-state index in [1.165, 1.54) is 0 Å². The van der Waals surface area contributed by atoms with E-state index in [0.717, 1.165) is 5.57 Å². The molecule has 0 aliphatic heterocycles. The van der Waals surface area contributed by atoms with Crippen LogP contribution in [0.3, 0.4) is 0 Å². The summed E-state index contributed by atoms with van der Waals surface area (Å²) in [6, 6.07) is 0. The molecule has 3 nitrogen and oxygen atoms in total. The first kappa shape index (κ1) is 10.7. The van der Waals surface area contributed by atoms with Crippen molar-refractivity contribution in [1.82, 2.24) is 0 Å². The average molecular weight is 178 g/mol. The van der Waals surface area contributed by atoms with Crippen molar-refractivity contribution in [2.75, 3.05) is 0 Å². The van der Waals surface area contributed by atoms with E-state index < -0.39 is 15.4 Å². The van der Waals surface area contributed by atoms with Crippen molar-refractivity contribution in [2.24, 2.45) is 0 Å². The molecular formula is C7H14O3S. The molecule has 0 saturated carbocycles. The van der Waals surface area contributed by atoms with E-state index in [4.69, 9.17) is 4.55 Å². The maximum Gasteiger partial charge on any atom is 0.268 e. The first-order valence-electron chi connectivity index (χ1n) is 3.48. The zero-order chi connectivity index (χ0) is 9.07. The van der Waals surface area contributed by atoms with Gasteiger partial charge in [0.1, 0.15) is 0 Å². The van der Waals surface area contributed by atoms with Crippen LogP contribution in [0.15, 0.2) is 12.2 Å². The Kier molecular flexibility index (Phi) is 3.75. The quantitative estimate of drug-likeness (QED) is 0.525. The van der Waals surface area contributed by atoms with Crippen molar-refractivity contribution in [3.05, 3.63) is 12.2 Å². The molecule has 66 valence electrons. The van der Waals surface area contributed by atoms with Crippen molar-refractivity contribution in [1.29, 1.82) is 0 Å². The topological polar surface area (TPSA) is 54.4 Å². The molecule has 0 aliphatic carbocycles. The minimum absolute atomic E-state index is 0.343. The molecule has 0 amide bonds. The monoisotopic (exact) mass is 178 g/mol. The van der Waals surface area contributed by atoms with Crippen molar-refractivity contribution in [2.45, 2.75) is 31.9 Å². The fourth-order valence-electron chi connectivity index (χ4n) is 0.849. The Labute approximate surface area is 67.9 Å². The first-order valence-corrected chi connectivity index (χ1v) is 4.99. The lowest BCUT2D eigenvalue weighted by atomic mass is 10.1. The third-order valence-corrected chi connectivity index (χ3v) is 2.80. The van der Waals surface area contributed by atoms with Gasteiger partial charge >= 0.3 is 0 Å². The molecule has 0 aromatic rings. The van der Waals surface area contributed by atoms with E-state index in [0.29, 0.717) is 12.8 Å². The highest BCUT2D eigenvalue weighted by atomic mass is 32.2. The second kappa shape index (κ2) is 3.88. The highest BCUT2D eigenvalue weighted by molar-refractivity contribution is 7.86. The van der Waals surface area contributed by atoms with Gasteiger partial charge in [-0.1, -0.05) is 12.5 Å². The van der Waals surface area contributed by atoms with Crippen LogP contribution < -0.4 is 0 Å². The third kappa shape index (κ3) is 4.16. The predicted molar refractivity (Wildman–Crippen MR) is 45.1 cm³/mol. The SMILES string of the molecule is C=C(C)CC(CC)S(=O)(=O)O. The van der Waals surface area contributed by atoms with Crippen LogP contribution in [0.25, 0.3) is 0 Å².